The maximum absolute atomic E-state index is 5.73. The largest absolute Gasteiger partial charge is 0.240 e. The minimum atomic E-state index is 0.346. The number of nitrogens with zero attached hydrogens (tertiary/aromatic N) is 2. The van der Waals surface area contributed by atoms with Gasteiger partial charge in [0.1, 0.15) is 10.3 Å². The molecule has 0 aliphatic rings. The van der Waals surface area contributed by atoms with Crippen molar-refractivity contribution in [2.75, 3.05) is 0 Å². The number of rotatable bonds is 0. The number of aryl methyl sites for hydroxylation is 1. The van der Waals surface area contributed by atoms with E-state index in [1.54, 1.807) is 6.92 Å². The second-order valence-corrected chi connectivity index (χ2v) is 3.22. The van der Waals surface area contributed by atoms with Gasteiger partial charge in [0.05, 0.1) is 5.69 Å². The first-order chi connectivity index (χ1) is 5.65. The molecule has 0 amide bonds. The molecule has 2 nitrogen and oxygen atoms in total. The molecule has 1 rings (SSSR count). The molecule has 0 N–H and O–H groups in total. The first-order valence-corrected chi connectivity index (χ1v) is 4.44. The Morgan fingerprint density at radius 3 is 2.67 bits per heavy atom. The molecular formula is C8H6BrClN2. The standard InChI is InChI=1S/C8H6BrClN2/c1-3-4-6-5(2)11-7(9)8(10)12-6/h1-2H3. The van der Waals surface area contributed by atoms with Crippen LogP contribution >= 0.6 is 27.5 Å². The van der Waals surface area contributed by atoms with Gasteiger partial charge in [0.15, 0.2) is 5.15 Å². The molecule has 12 heavy (non-hydrogen) atoms. The molecular weight excluding hydrogens is 239 g/mol. The summed E-state index contributed by atoms with van der Waals surface area (Å²) in [5.41, 5.74) is 1.41. The van der Waals surface area contributed by atoms with E-state index in [9.17, 15) is 0 Å². The van der Waals surface area contributed by atoms with Crippen molar-refractivity contribution in [1.82, 2.24) is 9.97 Å². The lowest BCUT2D eigenvalue weighted by atomic mass is 10.3. The molecule has 0 saturated heterocycles. The second kappa shape index (κ2) is 3.88. The van der Waals surface area contributed by atoms with E-state index in [-0.39, 0.29) is 0 Å². The summed E-state index contributed by atoms with van der Waals surface area (Å²) in [5, 5.41) is 0.346. The summed E-state index contributed by atoms with van der Waals surface area (Å²) in [7, 11) is 0. The molecule has 0 saturated carbocycles. The number of hydrogen-bond donors (Lipinski definition) is 0. The lowest BCUT2D eigenvalue weighted by molar-refractivity contribution is 1.07. The van der Waals surface area contributed by atoms with Gasteiger partial charge in [-0.3, -0.25) is 0 Å². The van der Waals surface area contributed by atoms with Crippen LogP contribution in [0.2, 0.25) is 5.15 Å². The summed E-state index contributed by atoms with van der Waals surface area (Å²) in [6, 6.07) is 0. The van der Waals surface area contributed by atoms with E-state index in [1.807, 2.05) is 6.92 Å². The smallest absolute Gasteiger partial charge is 0.163 e. The van der Waals surface area contributed by atoms with Crippen LogP contribution in [0, 0.1) is 18.8 Å². The Balaban J connectivity index is 3.29. The zero-order valence-electron chi connectivity index (χ0n) is 6.65. The van der Waals surface area contributed by atoms with Gasteiger partial charge in [-0.2, -0.15) is 0 Å². The molecule has 1 aromatic heterocycles. The van der Waals surface area contributed by atoms with E-state index in [2.05, 4.69) is 37.7 Å². The minimum Gasteiger partial charge on any atom is -0.240 e. The van der Waals surface area contributed by atoms with Gasteiger partial charge in [-0.1, -0.05) is 17.5 Å². The van der Waals surface area contributed by atoms with Crippen molar-refractivity contribution in [3.8, 4) is 11.8 Å². The normalized spacial score (nSPS) is 9.00. The lowest BCUT2D eigenvalue weighted by Gasteiger charge is -1.98. The number of aromatic nitrogens is 2. The molecule has 0 spiro atoms. The monoisotopic (exact) mass is 244 g/mol. The molecule has 1 heterocycles. The summed E-state index contributed by atoms with van der Waals surface area (Å²) in [4.78, 5) is 8.16. The van der Waals surface area contributed by atoms with E-state index >= 15 is 0 Å². The van der Waals surface area contributed by atoms with Crippen LogP contribution in [0.1, 0.15) is 18.3 Å². The van der Waals surface area contributed by atoms with Crippen LogP contribution in [0.5, 0.6) is 0 Å². The Morgan fingerprint density at radius 2 is 2.08 bits per heavy atom. The van der Waals surface area contributed by atoms with Gasteiger partial charge < -0.3 is 0 Å². The fraction of sp³-hybridized carbons (Fsp3) is 0.250. The fourth-order valence-electron chi connectivity index (χ4n) is 0.708. The van der Waals surface area contributed by atoms with Crippen molar-refractivity contribution in [2.24, 2.45) is 0 Å². The van der Waals surface area contributed by atoms with Crippen LogP contribution < -0.4 is 0 Å². The summed E-state index contributed by atoms with van der Waals surface area (Å²) in [6.45, 7) is 3.59. The zero-order valence-corrected chi connectivity index (χ0v) is 8.99. The zero-order chi connectivity index (χ0) is 9.14. The van der Waals surface area contributed by atoms with E-state index in [1.165, 1.54) is 0 Å². The molecule has 0 radical (unpaired) electrons. The number of halogens is 2. The van der Waals surface area contributed by atoms with Gasteiger partial charge in [-0.05, 0) is 35.7 Å². The minimum absolute atomic E-state index is 0.346. The summed E-state index contributed by atoms with van der Waals surface area (Å²) in [6.07, 6.45) is 0. The Kier molecular flexibility index (Phi) is 3.07. The molecule has 4 heteroatoms. The highest BCUT2D eigenvalue weighted by Crippen LogP contribution is 2.18. The van der Waals surface area contributed by atoms with Gasteiger partial charge in [0, 0.05) is 0 Å². The van der Waals surface area contributed by atoms with Crippen molar-refractivity contribution < 1.29 is 0 Å². The van der Waals surface area contributed by atoms with Crippen LogP contribution in [0.15, 0.2) is 4.60 Å². The Hall–Kier alpha value is -0.590. The quantitative estimate of drug-likeness (QED) is 0.657. The van der Waals surface area contributed by atoms with Crippen LogP contribution in [0.25, 0.3) is 0 Å². The average molecular weight is 246 g/mol. The predicted octanol–water partition coefficient (Wildman–Crippen LogP) is 2.57. The predicted molar refractivity (Wildman–Crippen MR) is 52.0 cm³/mol. The Morgan fingerprint density at radius 1 is 1.42 bits per heavy atom. The SMILES string of the molecule is CC#Cc1nc(Cl)c(Br)nc1C. The number of hydrogen-bond acceptors (Lipinski definition) is 2. The van der Waals surface area contributed by atoms with Crippen molar-refractivity contribution >= 4 is 27.5 Å². The molecule has 0 fully saturated rings. The maximum Gasteiger partial charge on any atom is 0.163 e. The van der Waals surface area contributed by atoms with Gasteiger partial charge in [-0.15, -0.1) is 0 Å². The van der Waals surface area contributed by atoms with Gasteiger partial charge >= 0.3 is 0 Å². The van der Waals surface area contributed by atoms with E-state index in [0.29, 0.717) is 15.5 Å². The molecule has 62 valence electrons. The highest BCUT2D eigenvalue weighted by Gasteiger charge is 2.04. The van der Waals surface area contributed by atoms with E-state index in [4.69, 9.17) is 11.6 Å². The van der Waals surface area contributed by atoms with Crippen molar-refractivity contribution in [1.29, 1.82) is 0 Å². The maximum atomic E-state index is 5.73. The fourth-order valence-corrected chi connectivity index (χ4v) is 1.19. The third kappa shape index (κ3) is 1.96. The Bertz CT molecular complexity index is 365. The third-order valence-electron chi connectivity index (χ3n) is 1.23. The van der Waals surface area contributed by atoms with Gasteiger partial charge in [0.25, 0.3) is 0 Å². The Labute approximate surface area is 84.5 Å². The first-order valence-electron chi connectivity index (χ1n) is 3.27. The molecule has 0 atom stereocenters. The average Bonchev–Trinajstić information content (AvgIpc) is 2.01. The highest BCUT2D eigenvalue weighted by molar-refractivity contribution is 9.10. The van der Waals surface area contributed by atoms with Crippen LogP contribution in [0.3, 0.4) is 0 Å². The lowest BCUT2D eigenvalue weighted by Crippen LogP contribution is -1.94. The second-order valence-electron chi connectivity index (χ2n) is 2.11. The van der Waals surface area contributed by atoms with Crippen LogP contribution in [-0.4, -0.2) is 9.97 Å². The highest BCUT2D eigenvalue weighted by atomic mass is 79.9. The van der Waals surface area contributed by atoms with Crippen molar-refractivity contribution in [2.45, 2.75) is 13.8 Å². The molecule has 0 aliphatic carbocycles. The van der Waals surface area contributed by atoms with Gasteiger partial charge in [0.2, 0.25) is 0 Å². The van der Waals surface area contributed by atoms with Gasteiger partial charge in [-0.25, -0.2) is 9.97 Å². The molecule has 0 aromatic carbocycles. The molecule has 1 aromatic rings. The third-order valence-corrected chi connectivity index (χ3v) is 2.28. The summed E-state index contributed by atoms with van der Waals surface area (Å²) >= 11 is 8.91. The summed E-state index contributed by atoms with van der Waals surface area (Å²) in [5.74, 6) is 5.56. The van der Waals surface area contributed by atoms with Crippen molar-refractivity contribution in [3.05, 3.63) is 21.1 Å². The van der Waals surface area contributed by atoms with Crippen LogP contribution in [-0.2, 0) is 0 Å². The molecule has 0 aliphatic heterocycles. The topological polar surface area (TPSA) is 25.8 Å². The first kappa shape index (κ1) is 9.50. The van der Waals surface area contributed by atoms with E-state index in [0.717, 1.165) is 5.69 Å². The molecule has 0 unspecified atom stereocenters. The molecule has 0 bridgehead atoms. The van der Waals surface area contributed by atoms with Crippen LogP contribution in [0.4, 0.5) is 0 Å². The van der Waals surface area contributed by atoms with E-state index < -0.39 is 0 Å². The summed E-state index contributed by atoms with van der Waals surface area (Å²) < 4.78 is 0.559. The van der Waals surface area contributed by atoms with Crippen molar-refractivity contribution in [3.63, 3.8) is 0 Å².